The smallest absolute Gasteiger partial charge is 0.232 e. The molecule has 0 aliphatic rings. The third-order valence-electron chi connectivity index (χ3n) is 4.36. The summed E-state index contributed by atoms with van der Waals surface area (Å²) < 4.78 is 31.5. The summed E-state index contributed by atoms with van der Waals surface area (Å²) in [5.74, 6) is 0.542. The van der Waals surface area contributed by atoms with E-state index in [0.29, 0.717) is 36.0 Å². The molecule has 0 saturated carbocycles. The lowest BCUT2D eigenvalue weighted by Crippen LogP contribution is -2.33. The van der Waals surface area contributed by atoms with Gasteiger partial charge in [0.15, 0.2) is 0 Å². The highest BCUT2D eigenvalue weighted by Crippen LogP contribution is 2.27. The number of nitrogens with one attached hydrogen (secondary N) is 1. The van der Waals surface area contributed by atoms with Crippen LogP contribution in [0.15, 0.2) is 42.5 Å². The molecule has 0 heterocycles. The molecule has 1 N–H and O–H groups in total. The van der Waals surface area contributed by atoms with Crippen molar-refractivity contribution in [3.8, 4) is 5.75 Å². The van der Waals surface area contributed by atoms with Gasteiger partial charge in [-0.05, 0) is 55.7 Å². The molecule has 0 spiro atoms. The zero-order chi connectivity index (χ0) is 21.4. The summed E-state index contributed by atoms with van der Waals surface area (Å²) in [6.45, 7) is 4.72. The zero-order valence-corrected chi connectivity index (χ0v) is 18.5. The molecule has 2 rings (SSSR count). The first-order valence-corrected chi connectivity index (χ1v) is 11.6. The Morgan fingerprint density at radius 2 is 1.72 bits per heavy atom. The Morgan fingerprint density at radius 3 is 2.31 bits per heavy atom. The summed E-state index contributed by atoms with van der Waals surface area (Å²) in [6.07, 6.45) is 1.84. The van der Waals surface area contributed by atoms with E-state index in [1.807, 2.05) is 32.0 Å². The Hall–Kier alpha value is -2.25. The lowest BCUT2D eigenvalue weighted by molar-refractivity contribution is -0.121. The molecule has 0 saturated heterocycles. The molecule has 0 aliphatic carbocycles. The molecule has 2 aromatic rings. The SMILES string of the molecule is Cc1cccc(C)c1N(CCCC(=O)NCCOc1ccc(Cl)cc1)S(C)(=O)=O. The fourth-order valence-electron chi connectivity index (χ4n) is 3.00. The van der Waals surface area contributed by atoms with Crippen LogP contribution in [0.25, 0.3) is 0 Å². The maximum atomic E-state index is 12.3. The van der Waals surface area contributed by atoms with Crippen LogP contribution in [0.4, 0.5) is 5.69 Å². The highest BCUT2D eigenvalue weighted by Gasteiger charge is 2.20. The molecule has 0 fully saturated rings. The predicted molar refractivity (Wildman–Crippen MR) is 117 cm³/mol. The molecule has 0 atom stereocenters. The first kappa shape index (κ1) is 23.0. The van der Waals surface area contributed by atoms with E-state index < -0.39 is 10.0 Å². The van der Waals surface area contributed by atoms with Gasteiger partial charge in [-0.15, -0.1) is 0 Å². The van der Waals surface area contributed by atoms with E-state index in [2.05, 4.69) is 5.32 Å². The maximum Gasteiger partial charge on any atom is 0.232 e. The molecule has 0 radical (unpaired) electrons. The number of anilines is 1. The van der Waals surface area contributed by atoms with Crippen LogP contribution >= 0.6 is 11.6 Å². The third-order valence-corrected chi connectivity index (χ3v) is 5.78. The molecular formula is C21H27ClN2O4S. The molecule has 0 unspecified atom stereocenters. The zero-order valence-electron chi connectivity index (χ0n) is 16.9. The van der Waals surface area contributed by atoms with E-state index in [4.69, 9.17) is 16.3 Å². The summed E-state index contributed by atoms with van der Waals surface area (Å²) >= 11 is 5.82. The number of sulfonamides is 1. The maximum absolute atomic E-state index is 12.3. The Labute approximate surface area is 177 Å². The first-order valence-electron chi connectivity index (χ1n) is 9.37. The Kier molecular flexibility index (Phi) is 8.34. The number of ether oxygens (including phenoxy) is 1. The minimum atomic E-state index is -3.44. The number of hydrogen-bond donors (Lipinski definition) is 1. The summed E-state index contributed by atoms with van der Waals surface area (Å²) in [5, 5.41) is 3.42. The second-order valence-corrected chi connectivity index (χ2v) is 9.17. The van der Waals surface area contributed by atoms with Crippen LogP contribution in [0.2, 0.25) is 5.02 Å². The molecule has 0 aromatic heterocycles. The van der Waals surface area contributed by atoms with E-state index in [1.165, 1.54) is 10.6 Å². The number of rotatable bonds is 10. The van der Waals surface area contributed by atoms with Gasteiger partial charge < -0.3 is 10.1 Å². The summed E-state index contributed by atoms with van der Waals surface area (Å²) in [5.41, 5.74) is 2.46. The number of benzene rings is 2. The number of hydrogen-bond acceptors (Lipinski definition) is 4. The quantitative estimate of drug-likeness (QED) is 0.574. The Morgan fingerprint density at radius 1 is 1.10 bits per heavy atom. The lowest BCUT2D eigenvalue weighted by Gasteiger charge is -2.26. The van der Waals surface area contributed by atoms with Crippen LogP contribution in [0.3, 0.4) is 0 Å². The van der Waals surface area contributed by atoms with E-state index in [9.17, 15) is 13.2 Å². The van der Waals surface area contributed by atoms with Crippen molar-refractivity contribution >= 4 is 33.2 Å². The van der Waals surface area contributed by atoms with Crippen molar-refractivity contribution in [1.82, 2.24) is 5.32 Å². The van der Waals surface area contributed by atoms with Crippen molar-refractivity contribution in [2.24, 2.45) is 0 Å². The van der Waals surface area contributed by atoms with Gasteiger partial charge in [0.2, 0.25) is 15.9 Å². The molecule has 0 bridgehead atoms. The largest absolute Gasteiger partial charge is 0.492 e. The van der Waals surface area contributed by atoms with Crippen LogP contribution in [0.1, 0.15) is 24.0 Å². The molecule has 158 valence electrons. The fourth-order valence-corrected chi connectivity index (χ4v) is 4.21. The van der Waals surface area contributed by atoms with Crippen LogP contribution in [-0.4, -0.2) is 40.3 Å². The highest BCUT2D eigenvalue weighted by atomic mass is 35.5. The number of carbonyl (C=O) groups excluding carboxylic acids is 1. The number of nitrogens with zero attached hydrogens (tertiary/aromatic N) is 1. The molecular weight excluding hydrogens is 412 g/mol. The van der Waals surface area contributed by atoms with E-state index in [1.54, 1.807) is 24.3 Å². The summed E-state index contributed by atoms with van der Waals surface area (Å²) in [4.78, 5) is 12.0. The molecule has 2 aromatic carbocycles. The van der Waals surface area contributed by atoms with E-state index in [0.717, 1.165) is 11.1 Å². The molecule has 1 amide bonds. The third kappa shape index (κ3) is 7.25. The minimum Gasteiger partial charge on any atom is -0.492 e. The van der Waals surface area contributed by atoms with Gasteiger partial charge in [-0.1, -0.05) is 29.8 Å². The van der Waals surface area contributed by atoms with Crippen molar-refractivity contribution in [2.45, 2.75) is 26.7 Å². The minimum absolute atomic E-state index is 0.139. The second-order valence-electron chi connectivity index (χ2n) is 6.83. The van der Waals surface area contributed by atoms with Crippen molar-refractivity contribution in [2.75, 3.05) is 30.3 Å². The molecule has 29 heavy (non-hydrogen) atoms. The number of amides is 1. The van der Waals surface area contributed by atoms with Crippen LogP contribution in [0, 0.1) is 13.8 Å². The van der Waals surface area contributed by atoms with E-state index in [-0.39, 0.29) is 18.9 Å². The summed E-state index contributed by atoms with van der Waals surface area (Å²) in [6, 6.07) is 12.7. The first-order chi connectivity index (χ1) is 13.7. The van der Waals surface area contributed by atoms with Crippen LogP contribution in [0.5, 0.6) is 5.75 Å². The topological polar surface area (TPSA) is 75.7 Å². The standard InChI is InChI=1S/C21H27ClN2O4S/c1-16-6-4-7-17(2)21(16)24(29(3,26)27)14-5-8-20(25)23-13-15-28-19-11-9-18(22)10-12-19/h4,6-7,9-12H,5,8,13-15H2,1-3H3,(H,23,25). The van der Waals surface area contributed by atoms with Gasteiger partial charge in [0, 0.05) is 18.0 Å². The Bertz CT molecular complexity index is 910. The fraction of sp³-hybridized carbons (Fsp3) is 0.381. The average Bonchev–Trinajstić information content (AvgIpc) is 2.64. The van der Waals surface area contributed by atoms with Crippen molar-refractivity contribution in [1.29, 1.82) is 0 Å². The molecule has 6 nitrogen and oxygen atoms in total. The van der Waals surface area contributed by atoms with Gasteiger partial charge in [0.05, 0.1) is 18.5 Å². The summed E-state index contributed by atoms with van der Waals surface area (Å²) in [7, 11) is -3.44. The normalized spacial score (nSPS) is 11.2. The molecule has 8 heteroatoms. The van der Waals surface area contributed by atoms with Gasteiger partial charge >= 0.3 is 0 Å². The van der Waals surface area contributed by atoms with Gasteiger partial charge in [-0.2, -0.15) is 0 Å². The van der Waals surface area contributed by atoms with Gasteiger partial charge in [0.25, 0.3) is 0 Å². The molecule has 0 aliphatic heterocycles. The van der Waals surface area contributed by atoms with E-state index >= 15 is 0 Å². The van der Waals surface area contributed by atoms with Crippen molar-refractivity contribution in [3.63, 3.8) is 0 Å². The van der Waals surface area contributed by atoms with Crippen LogP contribution < -0.4 is 14.4 Å². The number of aryl methyl sites for hydroxylation is 2. The van der Waals surface area contributed by atoms with Crippen molar-refractivity contribution < 1.29 is 17.9 Å². The lowest BCUT2D eigenvalue weighted by atomic mass is 10.1. The average molecular weight is 439 g/mol. The number of para-hydroxylation sites is 1. The number of carbonyl (C=O) groups is 1. The van der Waals surface area contributed by atoms with Gasteiger partial charge in [-0.25, -0.2) is 8.42 Å². The Balaban J connectivity index is 1.80. The van der Waals surface area contributed by atoms with Gasteiger partial charge in [0.1, 0.15) is 12.4 Å². The monoisotopic (exact) mass is 438 g/mol. The van der Waals surface area contributed by atoms with Gasteiger partial charge in [-0.3, -0.25) is 9.10 Å². The van der Waals surface area contributed by atoms with Crippen molar-refractivity contribution in [3.05, 3.63) is 58.6 Å². The number of halogens is 1. The predicted octanol–water partition coefficient (Wildman–Crippen LogP) is 3.70. The van der Waals surface area contributed by atoms with Crippen LogP contribution in [-0.2, 0) is 14.8 Å². The highest BCUT2D eigenvalue weighted by molar-refractivity contribution is 7.92. The second kappa shape index (κ2) is 10.5.